The third kappa shape index (κ3) is 5.59. The summed E-state index contributed by atoms with van der Waals surface area (Å²) in [4.78, 5) is 28.0. The highest BCUT2D eigenvalue weighted by Crippen LogP contribution is 2.26. The molecule has 1 amide bonds. The quantitative estimate of drug-likeness (QED) is 0.527. The lowest BCUT2D eigenvalue weighted by molar-refractivity contribution is -0.126. The van der Waals surface area contributed by atoms with Crippen LogP contribution in [0.3, 0.4) is 0 Å². The number of para-hydroxylation sites is 1. The second kappa shape index (κ2) is 10.2. The normalized spacial score (nSPS) is 15.8. The van der Waals surface area contributed by atoms with E-state index in [-0.39, 0.29) is 23.8 Å². The zero-order chi connectivity index (χ0) is 22.3. The highest BCUT2D eigenvalue weighted by molar-refractivity contribution is 5.78. The highest BCUT2D eigenvalue weighted by Gasteiger charge is 2.29. The number of benzene rings is 2. The topological polar surface area (TPSA) is 109 Å². The van der Waals surface area contributed by atoms with Gasteiger partial charge >= 0.3 is 0 Å². The lowest BCUT2D eigenvalue weighted by Crippen LogP contribution is -2.41. The number of carbonyl (C=O) groups excluding carboxylic acids is 1. The fourth-order valence-electron chi connectivity index (χ4n) is 3.94. The Morgan fingerprint density at radius 3 is 2.38 bits per heavy atom. The monoisotopic (exact) mass is 431 g/mol. The van der Waals surface area contributed by atoms with Gasteiger partial charge < -0.3 is 16.4 Å². The summed E-state index contributed by atoms with van der Waals surface area (Å²) in [5.74, 6) is 1.40. The number of carbonyl (C=O) groups is 1. The molecular weight excluding hydrogens is 402 g/mol. The molecule has 0 unspecified atom stereocenters. The first-order valence-corrected chi connectivity index (χ1v) is 11.0. The van der Waals surface area contributed by atoms with Crippen molar-refractivity contribution in [2.24, 2.45) is 5.92 Å². The summed E-state index contributed by atoms with van der Waals surface area (Å²) in [6.45, 7) is 4.24. The molecule has 1 aliphatic rings. The Hall–Kier alpha value is -3.52. The van der Waals surface area contributed by atoms with Crippen LogP contribution in [-0.4, -0.2) is 38.8 Å². The molecule has 4 rings (SSSR count). The average molecular weight is 432 g/mol. The fraction of sp³-hybridized carbons (Fsp3) is 0.333. The third-order valence-corrected chi connectivity index (χ3v) is 5.83. The molecule has 32 heavy (non-hydrogen) atoms. The molecule has 0 aliphatic carbocycles. The van der Waals surface area contributed by atoms with E-state index in [4.69, 9.17) is 5.73 Å². The minimum atomic E-state index is -0.0232. The second-order valence-corrected chi connectivity index (χ2v) is 8.06. The molecule has 1 fully saturated rings. The van der Waals surface area contributed by atoms with Crippen LogP contribution in [0.1, 0.15) is 37.2 Å². The van der Waals surface area contributed by atoms with E-state index in [2.05, 4.69) is 37.4 Å². The lowest BCUT2D eigenvalue weighted by atomic mass is 9.95. The van der Waals surface area contributed by atoms with Gasteiger partial charge in [-0.15, -0.1) is 0 Å². The van der Waals surface area contributed by atoms with Gasteiger partial charge in [0.1, 0.15) is 0 Å². The van der Waals surface area contributed by atoms with E-state index in [9.17, 15) is 4.79 Å². The van der Waals surface area contributed by atoms with Crippen molar-refractivity contribution in [2.75, 3.05) is 24.1 Å². The van der Waals surface area contributed by atoms with E-state index in [1.165, 1.54) is 0 Å². The van der Waals surface area contributed by atoms with Crippen molar-refractivity contribution in [3.05, 3.63) is 72.1 Å². The van der Waals surface area contributed by atoms with Crippen LogP contribution in [0.2, 0.25) is 0 Å². The van der Waals surface area contributed by atoms with E-state index >= 15 is 0 Å². The van der Waals surface area contributed by atoms with Gasteiger partial charge in [0, 0.05) is 18.2 Å². The minimum absolute atomic E-state index is 0.0232. The minimum Gasteiger partial charge on any atom is -0.368 e. The van der Waals surface area contributed by atoms with Crippen LogP contribution in [0.4, 0.5) is 17.6 Å². The third-order valence-electron chi connectivity index (χ3n) is 5.83. The summed E-state index contributed by atoms with van der Waals surface area (Å²) in [7, 11) is 0. The van der Waals surface area contributed by atoms with Crippen molar-refractivity contribution in [1.29, 1.82) is 0 Å². The average Bonchev–Trinajstić information content (AvgIpc) is 2.83. The van der Waals surface area contributed by atoms with E-state index < -0.39 is 0 Å². The number of piperidine rings is 1. The number of amides is 1. The molecule has 166 valence electrons. The number of hydrogen-bond acceptors (Lipinski definition) is 7. The van der Waals surface area contributed by atoms with Crippen LogP contribution < -0.4 is 16.4 Å². The summed E-state index contributed by atoms with van der Waals surface area (Å²) in [5, 5.41) is 6.25. The number of rotatable bonds is 7. The maximum absolute atomic E-state index is 12.6. The van der Waals surface area contributed by atoms with Gasteiger partial charge in [0.05, 0.1) is 6.04 Å². The largest absolute Gasteiger partial charge is 0.368 e. The molecule has 4 N–H and O–H groups in total. The van der Waals surface area contributed by atoms with Crippen molar-refractivity contribution in [3.63, 3.8) is 0 Å². The molecule has 8 heteroatoms. The van der Waals surface area contributed by atoms with Crippen LogP contribution in [0.15, 0.2) is 60.7 Å². The van der Waals surface area contributed by atoms with Crippen molar-refractivity contribution < 1.29 is 4.79 Å². The molecule has 0 saturated carbocycles. The Kier molecular flexibility index (Phi) is 6.91. The first-order valence-electron chi connectivity index (χ1n) is 11.0. The van der Waals surface area contributed by atoms with Crippen molar-refractivity contribution in [2.45, 2.75) is 32.4 Å². The van der Waals surface area contributed by atoms with E-state index in [0.29, 0.717) is 18.3 Å². The molecule has 2 heterocycles. The number of aromatic nitrogens is 3. The SMILES string of the molecule is C[C@@H](c1nc(N)nc(Nc2ccccc2)n1)N1CCC(C(=O)NCc2ccccc2)CC1. The number of nitrogens with zero attached hydrogens (tertiary/aromatic N) is 4. The number of anilines is 3. The van der Waals surface area contributed by atoms with Gasteiger partial charge in [-0.3, -0.25) is 9.69 Å². The first kappa shape index (κ1) is 21.7. The number of likely N-dealkylation sites (tertiary alicyclic amines) is 1. The maximum Gasteiger partial charge on any atom is 0.232 e. The Bertz CT molecular complexity index is 1020. The molecule has 0 radical (unpaired) electrons. The molecule has 1 aromatic heterocycles. The van der Waals surface area contributed by atoms with Gasteiger partial charge in [-0.05, 0) is 50.6 Å². The van der Waals surface area contributed by atoms with Crippen LogP contribution in [-0.2, 0) is 11.3 Å². The van der Waals surface area contributed by atoms with Gasteiger partial charge in [-0.2, -0.15) is 15.0 Å². The molecule has 1 atom stereocenters. The highest BCUT2D eigenvalue weighted by atomic mass is 16.1. The number of nitrogens with two attached hydrogens (primary N) is 1. The smallest absolute Gasteiger partial charge is 0.232 e. The first-order chi connectivity index (χ1) is 15.6. The summed E-state index contributed by atoms with van der Waals surface area (Å²) in [6.07, 6.45) is 1.61. The number of nitrogen functional groups attached to an aromatic ring is 1. The van der Waals surface area contributed by atoms with Gasteiger partial charge in [-0.25, -0.2) is 0 Å². The Morgan fingerprint density at radius 2 is 1.69 bits per heavy atom. The van der Waals surface area contributed by atoms with Gasteiger partial charge in [0.15, 0.2) is 5.82 Å². The molecule has 1 saturated heterocycles. The standard InChI is InChI=1S/C24H29N7O/c1-17(21-28-23(25)30-24(29-21)27-20-10-6-3-7-11-20)31-14-12-19(13-15-31)22(32)26-16-18-8-4-2-5-9-18/h2-11,17,19H,12-16H2,1H3,(H,26,32)(H3,25,27,28,29,30)/t17-/m0/s1. The predicted molar refractivity (Wildman–Crippen MR) is 125 cm³/mol. The van der Waals surface area contributed by atoms with Gasteiger partial charge in [-0.1, -0.05) is 48.5 Å². The summed E-state index contributed by atoms with van der Waals surface area (Å²) >= 11 is 0. The second-order valence-electron chi connectivity index (χ2n) is 8.06. The van der Waals surface area contributed by atoms with Gasteiger partial charge in [0.2, 0.25) is 17.8 Å². The molecule has 0 bridgehead atoms. The van der Waals surface area contributed by atoms with Crippen molar-refractivity contribution in [3.8, 4) is 0 Å². The predicted octanol–water partition coefficient (Wildman–Crippen LogP) is 3.29. The van der Waals surface area contributed by atoms with Crippen LogP contribution >= 0.6 is 0 Å². The van der Waals surface area contributed by atoms with E-state index in [1.54, 1.807) is 0 Å². The van der Waals surface area contributed by atoms with E-state index in [0.717, 1.165) is 37.2 Å². The van der Waals surface area contributed by atoms with Crippen LogP contribution in [0.25, 0.3) is 0 Å². The maximum atomic E-state index is 12.6. The fourth-order valence-corrected chi connectivity index (χ4v) is 3.94. The summed E-state index contributed by atoms with van der Waals surface area (Å²) in [5.41, 5.74) is 7.95. The van der Waals surface area contributed by atoms with Gasteiger partial charge in [0.25, 0.3) is 0 Å². The summed E-state index contributed by atoms with van der Waals surface area (Å²) < 4.78 is 0. The molecular formula is C24H29N7O. The Labute approximate surface area is 188 Å². The molecule has 8 nitrogen and oxygen atoms in total. The molecule has 3 aromatic rings. The molecule has 1 aliphatic heterocycles. The number of hydrogen-bond donors (Lipinski definition) is 3. The van der Waals surface area contributed by atoms with Crippen LogP contribution in [0.5, 0.6) is 0 Å². The van der Waals surface area contributed by atoms with E-state index in [1.807, 2.05) is 60.7 Å². The zero-order valence-electron chi connectivity index (χ0n) is 18.2. The number of nitrogens with one attached hydrogen (secondary N) is 2. The molecule has 2 aromatic carbocycles. The Balaban J connectivity index is 1.33. The van der Waals surface area contributed by atoms with Crippen LogP contribution in [0, 0.1) is 5.92 Å². The Morgan fingerprint density at radius 1 is 1.03 bits per heavy atom. The van der Waals surface area contributed by atoms with Crippen molar-refractivity contribution >= 4 is 23.5 Å². The lowest BCUT2D eigenvalue weighted by Gasteiger charge is -2.34. The summed E-state index contributed by atoms with van der Waals surface area (Å²) in [6, 6.07) is 19.7. The zero-order valence-corrected chi connectivity index (χ0v) is 18.2. The van der Waals surface area contributed by atoms with Crippen molar-refractivity contribution in [1.82, 2.24) is 25.2 Å². The molecule has 0 spiro atoms.